The molecule has 1 aromatic heterocycles. The number of hydrogen-bond acceptors (Lipinski definition) is 4. The molecule has 6 heteroatoms. The van der Waals surface area contributed by atoms with Gasteiger partial charge in [0.15, 0.2) is 0 Å². The molecule has 3 rings (SSSR count). The molecule has 0 aliphatic carbocycles. The molecular formula is C16H17ClN2O2S. The summed E-state index contributed by atoms with van der Waals surface area (Å²) >= 11 is 7.80. The molecule has 2 heterocycles. The van der Waals surface area contributed by atoms with Crippen LogP contribution < -0.4 is 0 Å². The van der Waals surface area contributed by atoms with Crippen LogP contribution >= 0.6 is 22.9 Å². The Morgan fingerprint density at radius 1 is 1.45 bits per heavy atom. The van der Waals surface area contributed by atoms with Crippen LogP contribution in [-0.2, 0) is 11.3 Å². The maximum Gasteiger partial charge on any atom is 0.307 e. The third-order valence-electron chi connectivity index (χ3n) is 3.92. The molecule has 1 N–H and O–H groups in total. The highest BCUT2D eigenvalue weighted by atomic mass is 35.5. The first kappa shape index (κ1) is 15.5. The third kappa shape index (κ3) is 3.48. The van der Waals surface area contributed by atoms with E-state index in [1.807, 2.05) is 29.6 Å². The predicted molar refractivity (Wildman–Crippen MR) is 88.2 cm³/mol. The van der Waals surface area contributed by atoms with Gasteiger partial charge in [0, 0.05) is 22.5 Å². The smallest absolute Gasteiger partial charge is 0.307 e. The van der Waals surface area contributed by atoms with Crippen LogP contribution in [0, 0.1) is 5.92 Å². The van der Waals surface area contributed by atoms with E-state index >= 15 is 0 Å². The van der Waals surface area contributed by atoms with Crippen molar-refractivity contribution in [1.29, 1.82) is 0 Å². The standard InChI is InChI=1S/C16H17ClN2O2S/c17-13-6-2-1-5-12(13)14-10-22-15(18-14)9-19-7-3-4-11(8-19)16(20)21/h1-2,5-6,10-11H,3-4,7-9H2,(H,20,21). The number of carboxylic acids is 1. The van der Waals surface area contributed by atoms with Gasteiger partial charge in [0.1, 0.15) is 5.01 Å². The van der Waals surface area contributed by atoms with Crippen LogP contribution in [0.1, 0.15) is 17.8 Å². The summed E-state index contributed by atoms with van der Waals surface area (Å²) in [5.41, 5.74) is 1.83. The van der Waals surface area contributed by atoms with E-state index in [1.165, 1.54) is 0 Å². The van der Waals surface area contributed by atoms with Gasteiger partial charge in [0.25, 0.3) is 0 Å². The molecule has 1 fully saturated rings. The van der Waals surface area contributed by atoms with Gasteiger partial charge in [-0.2, -0.15) is 0 Å². The van der Waals surface area contributed by atoms with Crippen molar-refractivity contribution in [1.82, 2.24) is 9.88 Å². The number of halogens is 1. The van der Waals surface area contributed by atoms with Gasteiger partial charge in [-0.15, -0.1) is 11.3 Å². The van der Waals surface area contributed by atoms with E-state index in [-0.39, 0.29) is 5.92 Å². The Bertz CT molecular complexity index is 674. The van der Waals surface area contributed by atoms with Gasteiger partial charge >= 0.3 is 5.97 Å². The second kappa shape index (κ2) is 6.77. The molecule has 2 aromatic rings. The second-order valence-corrected chi connectivity index (χ2v) is 6.87. The van der Waals surface area contributed by atoms with Crippen LogP contribution in [0.15, 0.2) is 29.6 Å². The first-order chi connectivity index (χ1) is 10.6. The summed E-state index contributed by atoms with van der Waals surface area (Å²) in [4.78, 5) is 18.0. The van der Waals surface area contributed by atoms with Crippen molar-refractivity contribution in [2.75, 3.05) is 13.1 Å². The van der Waals surface area contributed by atoms with Crippen LogP contribution in [0.4, 0.5) is 0 Å². The van der Waals surface area contributed by atoms with E-state index in [4.69, 9.17) is 16.7 Å². The fourth-order valence-electron chi connectivity index (χ4n) is 2.77. The lowest BCUT2D eigenvalue weighted by molar-refractivity contribution is -0.143. The Balaban J connectivity index is 1.70. The first-order valence-electron chi connectivity index (χ1n) is 7.28. The number of carbonyl (C=O) groups is 1. The number of nitrogens with zero attached hydrogens (tertiary/aromatic N) is 2. The molecule has 0 saturated carbocycles. The van der Waals surface area contributed by atoms with E-state index in [0.717, 1.165) is 35.7 Å². The summed E-state index contributed by atoms with van der Waals surface area (Å²) in [5, 5.41) is 12.9. The van der Waals surface area contributed by atoms with Gasteiger partial charge in [0.05, 0.1) is 18.2 Å². The molecule has 0 amide bonds. The van der Waals surface area contributed by atoms with Gasteiger partial charge in [-0.25, -0.2) is 4.98 Å². The van der Waals surface area contributed by atoms with E-state index in [1.54, 1.807) is 11.3 Å². The molecule has 1 saturated heterocycles. The van der Waals surface area contributed by atoms with Crippen molar-refractivity contribution in [3.05, 3.63) is 39.7 Å². The number of aromatic nitrogens is 1. The number of thiazole rings is 1. The fourth-order valence-corrected chi connectivity index (χ4v) is 3.84. The van der Waals surface area contributed by atoms with E-state index in [0.29, 0.717) is 18.1 Å². The summed E-state index contributed by atoms with van der Waals surface area (Å²) < 4.78 is 0. The summed E-state index contributed by atoms with van der Waals surface area (Å²) in [7, 11) is 0. The molecule has 0 radical (unpaired) electrons. The summed E-state index contributed by atoms with van der Waals surface area (Å²) in [6.45, 7) is 2.25. The van der Waals surface area contributed by atoms with Gasteiger partial charge < -0.3 is 5.11 Å². The minimum absolute atomic E-state index is 0.253. The van der Waals surface area contributed by atoms with Crippen LogP contribution in [0.25, 0.3) is 11.3 Å². The molecule has 1 aliphatic rings. The van der Waals surface area contributed by atoms with Gasteiger partial charge in [-0.05, 0) is 25.5 Å². The highest BCUT2D eigenvalue weighted by Crippen LogP contribution is 2.29. The average Bonchev–Trinajstić information content (AvgIpc) is 2.96. The topological polar surface area (TPSA) is 53.4 Å². The number of rotatable bonds is 4. The Labute approximate surface area is 138 Å². The number of piperidine rings is 1. The van der Waals surface area contributed by atoms with Crippen molar-refractivity contribution in [3.8, 4) is 11.3 Å². The number of benzene rings is 1. The number of likely N-dealkylation sites (tertiary alicyclic amines) is 1. The van der Waals surface area contributed by atoms with Crippen molar-refractivity contribution in [2.24, 2.45) is 5.92 Å². The minimum Gasteiger partial charge on any atom is -0.481 e. The SMILES string of the molecule is O=C(O)C1CCCN(Cc2nc(-c3ccccc3Cl)cs2)C1. The Hall–Kier alpha value is -1.43. The normalized spacial score (nSPS) is 19.2. The van der Waals surface area contributed by atoms with Gasteiger partial charge in [0.2, 0.25) is 0 Å². The van der Waals surface area contributed by atoms with E-state index < -0.39 is 5.97 Å². The van der Waals surface area contributed by atoms with E-state index in [9.17, 15) is 4.79 Å². The third-order valence-corrected chi connectivity index (χ3v) is 5.08. The van der Waals surface area contributed by atoms with E-state index in [2.05, 4.69) is 9.88 Å². The fraction of sp³-hybridized carbons (Fsp3) is 0.375. The molecule has 0 bridgehead atoms. The molecule has 1 atom stereocenters. The zero-order valence-electron chi connectivity index (χ0n) is 12.0. The van der Waals surface area contributed by atoms with Crippen molar-refractivity contribution in [2.45, 2.75) is 19.4 Å². The Morgan fingerprint density at radius 3 is 3.05 bits per heavy atom. The maximum absolute atomic E-state index is 11.1. The largest absolute Gasteiger partial charge is 0.481 e. The summed E-state index contributed by atoms with van der Waals surface area (Å²) in [6.07, 6.45) is 1.70. The first-order valence-corrected chi connectivity index (χ1v) is 8.53. The van der Waals surface area contributed by atoms with Crippen LogP contribution in [-0.4, -0.2) is 34.0 Å². The monoisotopic (exact) mass is 336 g/mol. The van der Waals surface area contributed by atoms with Crippen LogP contribution in [0.5, 0.6) is 0 Å². The lowest BCUT2D eigenvalue weighted by Gasteiger charge is -2.29. The highest BCUT2D eigenvalue weighted by molar-refractivity contribution is 7.09. The zero-order chi connectivity index (χ0) is 15.5. The minimum atomic E-state index is -0.694. The quantitative estimate of drug-likeness (QED) is 0.923. The second-order valence-electron chi connectivity index (χ2n) is 5.52. The van der Waals surface area contributed by atoms with Gasteiger partial charge in [-0.1, -0.05) is 29.8 Å². The molecule has 0 spiro atoms. The maximum atomic E-state index is 11.1. The average molecular weight is 337 g/mol. The number of hydrogen-bond donors (Lipinski definition) is 1. The summed E-state index contributed by atoms with van der Waals surface area (Å²) in [6, 6.07) is 7.67. The molecule has 22 heavy (non-hydrogen) atoms. The lowest BCUT2D eigenvalue weighted by atomic mass is 9.98. The highest BCUT2D eigenvalue weighted by Gasteiger charge is 2.25. The van der Waals surface area contributed by atoms with Crippen molar-refractivity contribution < 1.29 is 9.90 Å². The molecule has 4 nitrogen and oxygen atoms in total. The molecule has 1 aliphatic heterocycles. The lowest BCUT2D eigenvalue weighted by Crippen LogP contribution is -2.38. The van der Waals surface area contributed by atoms with Crippen molar-refractivity contribution in [3.63, 3.8) is 0 Å². The van der Waals surface area contributed by atoms with Crippen LogP contribution in [0.3, 0.4) is 0 Å². The van der Waals surface area contributed by atoms with Crippen LogP contribution in [0.2, 0.25) is 5.02 Å². The molecular weight excluding hydrogens is 320 g/mol. The number of aliphatic carboxylic acids is 1. The summed E-state index contributed by atoms with van der Waals surface area (Å²) in [5.74, 6) is -0.947. The number of carboxylic acid groups (broad SMARTS) is 1. The van der Waals surface area contributed by atoms with Gasteiger partial charge in [-0.3, -0.25) is 9.69 Å². The zero-order valence-corrected chi connectivity index (χ0v) is 13.6. The van der Waals surface area contributed by atoms with Crippen molar-refractivity contribution >= 4 is 28.9 Å². The Kier molecular flexibility index (Phi) is 4.76. The predicted octanol–water partition coefficient (Wildman–Crippen LogP) is 3.76. The molecule has 1 aromatic carbocycles. The molecule has 116 valence electrons. The molecule has 1 unspecified atom stereocenters. The Morgan fingerprint density at radius 2 is 2.27 bits per heavy atom.